The first-order valence-corrected chi connectivity index (χ1v) is 5.75. The molecule has 0 aromatic carbocycles. The van der Waals surface area contributed by atoms with E-state index in [1.165, 1.54) is 12.8 Å². The zero-order chi connectivity index (χ0) is 9.40. The summed E-state index contributed by atoms with van der Waals surface area (Å²) in [5.41, 5.74) is 0. The summed E-state index contributed by atoms with van der Waals surface area (Å²) in [6.45, 7) is 4.82. The molecule has 4 heteroatoms. The molecule has 0 radical (unpaired) electrons. The molecule has 12 heavy (non-hydrogen) atoms. The minimum absolute atomic E-state index is 0.423. The lowest BCUT2D eigenvalue weighted by atomic mass is 10.1. The van der Waals surface area contributed by atoms with Crippen LogP contribution in [0.15, 0.2) is 0 Å². The SMILES string of the molecule is CC(C)CCCCCO[PH](=O)O. The molecule has 0 saturated carbocycles. The van der Waals surface area contributed by atoms with Crippen LogP contribution in [0.4, 0.5) is 0 Å². The third-order valence-electron chi connectivity index (χ3n) is 1.65. The molecule has 0 fully saturated rings. The van der Waals surface area contributed by atoms with Crippen LogP contribution in [0.25, 0.3) is 0 Å². The highest BCUT2D eigenvalue weighted by atomic mass is 31.1. The summed E-state index contributed by atoms with van der Waals surface area (Å²) in [6.07, 6.45) is 4.40. The molecule has 0 rings (SSSR count). The van der Waals surface area contributed by atoms with Crippen LogP contribution in [0.5, 0.6) is 0 Å². The summed E-state index contributed by atoms with van der Waals surface area (Å²) >= 11 is 0. The summed E-state index contributed by atoms with van der Waals surface area (Å²) in [7, 11) is -2.69. The quantitative estimate of drug-likeness (QED) is 0.500. The Kier molecular flexibility index (Phi) is 7.88. The molecule has 0 aliphatic rings. The van der Waals surface area contributed by atoms with Crippen molar-refractivity contribution in [1.82, 2.24) is 0 Å². The minimum atomic E-state index is -2.69. The summed E-state index contributed by atoms with van der Waals surface area (Å²) in [5, 5.41) is 0. The van der Waals surface area contributed by atoms with Gasteiger partial charge >= 0.3 is 8.25 Å². The lowest BCUT2D eigenvalue weighted by Gasteiger charge is -2.03. The van der Waals surface area contributed by atoms with Gasteiger partial charge in [0.1, 0.15) is 0 Å². The van der Waals surface area contributed by atoms with Crippen molar-refractivity contribution in [2.24, 2.45) is 5.92 Å². The predicted octanol–water partition coefficient (Wildman–Crippen LogP) is 2.60. The van der Waals surface area contributed by atoms with E-state index in [0.717, 1.165) is 18.8 Å². The lowest BCUT2D eigenvalue weighted by molar-refractivity contribution is 0.272. The average Bonchev–Trinajstić information content (AvgIpc) is 1.95. The molecule has 3 nitrogen and oxygen atoms in total. The maximum Gasteiger partial charge on any atom is 0.316 e. The molecule has 0 aromatic heterocycles. The molecule has 0 heterocycles. The van der Waals surface area contributed by atoms with E-state index < -0.39 is 8.25 Å². The van der Waals surface area contributed by atoms with Crippen LogP contribution in [0.1, 0.15) is 39.5 Å². The highest BCUT2D eigenvalue weighted by molar-refractivity contribution is 7.32. The van der Waals surface area contributed by atoms with Crippen molar-refractivity contribution in [3.05, 3.63) is 0 Å². The van der Waals surface area contributed by atoms with Crippen LogP contribution in [0.2, 0.25) is 0 Å². The lowest BCUT2D eigenvalue weighted by Crippen LogP contribution is -1.90. The molecular weight excluding hydrogens is 175 g/mol. The highest BCUT2D eigenvalue weighted by Crippen LogP contribution is 2.15. The van der Waals surface area contributed by atoms with Gasteiger partial charge in [0.05, 0.1) is 6.61 Å². The van der Waals surface area contributed by atoms with E-state index in [-0.39, 0.29) is 0 Å². The molecule has 0 amide bonds. The normalized spacial score (nSPS) is 13.7. The summed E-state index contributed by atoms with van der Waals surface area (Å²) < 4.78 is 14.7. The van der Waals surface area contributed by atoms with Crippen LogP contribution >= 0.6 is 8.25 Å². The molecule has 74 valence electrons. The molecule has 0 spiro atoms. The molecule has 0 bridgehead atoms. The summed E-state index contributed by atoms with van der Waals surface area (Å²) in [6, 6.07) is 0. The minimum Gasteiger partial charge on any atom is -0.326 e. The smallest absolute Gasteiger partial charge is 0.316 e. The number of rotatable bonds is 7. The molecule has 1 atom stereocenters. The molecule has 0 aliphatic carbocycles. The third-order valence-corrected chi connectivity index (χ3v) is 2.10. The summed E-state index contributed by atoms with van der Waals surface area (Å²) in [4.78, 5) is 8.32. The first kappa shape index (κ1) is 12.2. The fourth-order valence-electron chi connectivity index (χ4n) is 0.991. The second kappa shape index (κ2) is 7.78. The van der Waals surface area contributed by atoms with Gasteiger partial charge in [-0.15, -0.1) is 0 Å². The average molecular weight is 194 g/mol. The molecule has 0 aliphatic heterocycles. The van der Waals surface area contributed by atoms with E-state index in [1.54, 1.807) is 0 Å². The Hall–Kier alpha value is 0.150. The molecule has 0 aromatic rings. The van der Waals surface area contributed by atoms with Crippen molar-refractivity contribution < 1.29 is 14.0 Å². The van der Waals surface area contributed by atoms with Crippen LogP contribution in [-0.2, 0) is 9.09 Å². The Balaban J connectivity index is 2.96. The number of hydrogen-bond acceptors (Lipinski definition) is 2. The van der Waals surface area contributed by atoms with Gasteiger partial charge in [0.25, 0.3) is 0 Å². The Morgan fingerprint density at radius 1 is 1.33 bits per heavy atom. The van der Waals surface area contributed by atoms with Gasteiger partial charge in [-0.3, -0.25) is 4.57 Å². The van der Waals surface area contributed by atoms with Crippen molar-refractivity contribution in [3.63, 3.8) is 0 Å². The summed E-state index contributed by atoms with van der Waals surface area (Å²) in [5.74, 6) is 0.753. The molecule has 1 unspecified atom stereocenters. The topological polar surface area (TPSA) is 46.5 Å². The Labute approximate surface area is 75.1 Å². The van der Waals surface area contributed by atoms with E-state index in [2.05, 4.69) is 18.4 Å². The second-order valence-electron chi connectivity index (χ2n) is 3.36. The Bertz CT molecular complexity index is 125. The Morgan fingerprint density at radius 2 is 2.00 bits per heavy atom. The van der Waals surface area contributed by atoms with Gasteiger partial charge in [-0.25, -0.2) is 0 Å². The van der Waals surface area contributed by atoms with Crippen LogP contribution < -0.4 is 0 Å². The van der Waals surface area contributed by atoms with Crippen molar-refractivity contribution in [2.45, 2.75) is 39.5 Å². The second-order valence-corrected chi connectivity index (χ2v) is 4.18. The van der Waals surface area contributed by atoms with E-state index in [9.17, 15) is 4.57 Å². The van der Waals surface area contributed by atoms with Crippen molar-refractivity contribution >= 4 is 8.25 Å². The van der Waals surface area contributed by atoms with Crippen LogP contribution in [-0.4, -0.2) is 11.5 Å². The van der Waals surface area contributed by atoms with Crippen LogP contribution in [0.3, 0.4) is 0 Å². The monoisotopic (exact) mass is 194 g/mol. The first-order valence-electron chi connectivity index (χ1n) is 4.48. The molecular formula is C8H19O3P. The van der Waals surface area contributed by atoms with Gasteiger partial charge in [0, 0.05) is 0 Å². The highest BCUT2D eigenvalue weighted by Gasteiger charge is 1.95. The fourth-order valence-corrected chi connectivity index (χ4v) is 1.31. The fraction of sp³-hybridized carbons (Fsp3) is 1.00. The Morgan fingerprint density at radius 3 is 2.50 bits per heavy atom. The van der Waals surface area contributed by atoms with Gasteiger partial charge in [-0.2, -0.15) is 0 Å². The zero-order valence-electron chi connectivity index (χ0n) is 7.88. The van der Waals surface area contributed by atoms with Gasteiger partial charge in [0.2, 0.25) is 0 Å². The van der Waals surface area contributed by atoms with Gasteiger partial charge < -0.3 is 9.42 Å². The van der Waals surface area contributed by atoms with E-state index in [4.69, 9.17) is 4.89 Å². The van der Waals surface area contributed by atoms with E-state index in [0.29, 0.717) is 6.61 Å². The number of unbranched alkanes of at least 4 members (excludes halogenated alkanes) is 2. The maximum atomic E-state index is 10.1. The van der Waals surface area contributed by atoms with Gasteiger partial charge in [-0.1, -0.05) is 33.1 Å². The zero-order valence-corrected chi connectivity index (χ0v) is 8.88. The predicted molar refractivity (Wildman–Crippen MR) is 50.5 cm³/mol. The first-order chi connectivity index (χ1) is 5.63. The molecule has 0 saturated heterocycles. The van der Waals surface area contributed by atoms with Crippen molar-refractivity contribution in [3.8, 4) is 0 Å². The van der Waals surface area contributed by atoms with Crippen molar-refractivity contribution in [1.29, 1.82) is 0 Å². The molecule has 1 N–H and O–H groups in total. The van der Waals surface area contributed by atoms with E-state index in [1.807, 2.05) is 0 Å². The third kappa shape index (κ3) is 10.2. The van der Waals surface area contributed by atoms with Gasteiger partial charge in [-0.05, 0) is 12.3 Å². The van der Waals surface area contributed by atoms with Crippen LogP contribution in [0, 0.1) is 5.92 Å². The largest absolute Gasteiger partial charge is 0.326 e. The van der Waals surface area contributed by atoms with Crippen molar-refractivity contribution in [2.75, 3.05) is 6.61 Å². The standard InChI is InChI=1S/C8H19O3P/c1-8(2)6-4-3-5-7-11-12(9)10/h8,12H,3-7H2,1-2H3,(H,9,10). The maximum absolute atomic E-state index is 10.1. The van der Waals surface area contributed by atoms with E-state index >= 15 is 0 Å². The van der Waals surface area contributed by atoms with Gasteiger partial charge in [0.15, 0.2) is 0 Å². The number of hydrogen-bond donors (Lipinski definition) is 1.